The summed E-state index contributed by atoms with van der Waals surface area (Å²) in [6, 6.07) is 4.19. The molecule has 0 saturated heterocycles. The van der Waals surface area contributed by atoms with Gasteiger partial charge in [0.25, 0.3) is 0 Å². The van der Waals surface area contributed by atoms with Crippen molar-refractivity contribution in [2.75, 3.05) is 0 Å². The Bertz CT molecular complexity index is 263. The zero-order chi connectivity index (χ0) is 9.19. The van der Waals surface area contributed by atoms with Gasteiger partial charge in [0.2, 0.25) is 0 Å². The average Bonchev–Trinajstić information content (AvgIpc) is 2.05. The van der Waals surface area contributed by atoms with Crippen LogP contribution in [0.5, 0.6) is 0 Å². The Morgan fingerprint density at radius 1 is 1.42 bits per heavy atom. The average molecular weight is 163 g/mol. The molecule has 1 aromatic rings. The highest BCUT2D eigenvalue weighted by atomic mass is 14.7. The molecule has 1 nitrogen and oxygen atoms in total. The number of aromatic nitrogens is 1. The lowest BCUT2D eigenvalue weighted by atomic mass is 9.81. The summed E-state index contributed by atoms with van der Waals surface area (Å²) < 4.78 is 0. The van der Waals surface area contributed by atoms with Gasteiger partial charge in [0.15, 0.2) is 0 Å². The Morgan fingerprint density at radius 3 is 2.58 bits per heavy atom. The second kappa shape index (κ2) is 3.26. The van der Waals surface area contributed by atoms with Gasteiger partial charge in [-0.2, -0.15) is 0 Å². The minimum Gasteiger partial charge on any atom is -0.261 e. The van der Waals surface area contributed by atoms with Crippen LogP contribution >= 0.6 is 0 Å². The highest BCUT2D eigenvalue weighted by molar-refractivity contribution is 5.26. The maximum absolute atomic E-state index is 4.29. The predicted octanol–water partition coefficient (Wildman–Crippen LogP) is 3.08. The first-order valence-electron chi connectivity index (χ1n) is 4.50. The summed E-state index contributed by atoms with van der Waals surface area (Å²) in [4.78, 5) is 4.29. The normalized spacial score (nSPS) is 11.7. The van der Waals surface area contributed by atoms with Crippen LogP contribution in [0.2, 0.25) is 0 Å². The van der Waals surface area contributed by atoms with Crippen LogP contribution in [0, 0.1) is 6.92 Å². The van der Waals surface area contributed by atoms with Crippen molar-refractivity contribution in [3.05, 3.63) is 29.6 Å². The molecule has 1 aromatic heterocycles. The van der Waals surface area contributed by atoms with Crippen LogP contribution in [-0.4, -0.2) is 4.98 Å². The van der Waals surface area contributed by atoms with Crippen LogP contribution < -0.4 is 0 Å². The van der Waals surface area contributed by atoms with Crippen LogP contribution in [0.3, 0.4) is 0 Å². The van der Waals surface area contributed by atoms with E-state index in [1.54, 1.807) is 0 Å². The summed E-state index contributed by atoms with van der Waals surface area (Å²) in [5.74, 6) is 0. The summed E-state index contributed by atoms with van der Waals surface area (Å²) in [6.45, 7) is 8.81. The summed E-state index contributed by atoms with van der Waals surface area (Å²) in [7, 11) is 0. The first-order chi connectivity index (χ1) is 5.58. The lowest BCUT2D eigenvalue weighted by Gasteiger charge is -2.24. The monoisotopic (exact) mass is 163 g/mol. The van der Waals surface area contributed by atoms with E-state index in [1.165, 1.54) is 5.56 Å². The van der Waals surface area contributed by atoms with E-state index in [4.69, 9.17) is 0 Å². The molecule has 0 fully saturated rings. The fraction of sp³-hybridized carbons (Fsp3) is 0.545. The molecule has 66 valence electrons. The molecule has 0 radical (unpaired) electrons. The molecule has 1 heteroatoms. The highest BCUT2D eigenvalue weighted by Crippen LogP contribution is 2.27. The maximum Gasteiger partial charge on any atom is 0.0410 e. The van der Waals surface area contributed by atoms with Gasteiger partial charge in [-0.3, -0.25) is 4.98 Å². The van der Waals surface area contributed by atoms with E-state index < -0.39 is 0 Å². The van der Waals surface area contributed by atoms with E-state index in [-0.39, 0.29) is 5.41 Å². The molecule has 0 amide bonds. The zero-order valence-corrected chi connectivity index (χ0v) is 8.39. The molecular formula is C11H17N. The van der Waals surface area contributed by atoms with Crippen molar-refractivity contribution in [2.45, 2.75) is 39.5 Å². The molecule has 0 spiro atoms. The summed E-state index contributed by atoms with van der Waals surface area (Å²) >= 11 is 0. The Kier molecular flexibility index (Phi) is 2.51. The van der Waals surface area contributed by atoms with Crippen molar-refractivity contribution < 1.29 is 0 Å². The van der Waals surface area contributed by atoms with Crippen molar-refractivity contribution >= 4 is 0 Å². The van der Waals surface area contributed by atoms with Gasteiger partial charge in [0.1, 0.15) is 0 Å². The Balaban J connectivity index is 3.10. The third kappa shape index (κ3) is 1.66. The molecular weight excluding hydrogens is 146 g/mol. The molecule has 0 unspecified atom stereocenters. The van der Waals surface area contributed by atoms with Crippen LogP contribution in [0.1, 0.15) is 38.4 Å². The SMILES string of the molecule is CCC(C)(C)c1cccnc1C. The smallest absolute Gasteiger partial charge is 0.0410 e. The number of nitrogens with zero attached hydrogens (tertiary/aromatic N) is 1. The van der Waals surface area contributed by atoms with Gasteiger partial charge in [-0.1, -0.05) is 26.8 Å². The van der Waals surface area contributed by atoms with Crippen molar-refractivity contribution in [3.8, 4) is 0 Å². The molecule has 0 atom stereocenters. The molecule has 0 aromatic carbocycles. The minimum atomic E-state index is 0.262. The Hall–Kier alpha value is -0.850. The number of rotatable bonds is 2. The largest absolute Gasteiger partial charge is 0.261 e. The van der Waals surface area contributed by atoms with Gasteiger partial charge in [0, 0.05) is 11.9 Å². The predicted molar refractivity (Wildman–Crippen MR) is 52.3 cm³/mol. The van der Waals surface area contributed by atoms with Gasteiger partial charge in [0.05, 0.1) is 0 Å². The van der Waals surface area contributed by atoms with Crippen molar-refractivity contribution in [1.29, 1.82) is 0 Å². The van der Waals surface area contributed by atoms with Crippen molar-refractivity contribution in [2.24, 2.45) is 0 Å². The Labute approximate surface area is 74.8 Å². The fourth-order valence-corrected chi connectivity index (χ4v) is 1.39. The molecule has 0 aliphatic carbocycles. The number of hydrogen-bond donors (Lipinski definition) is 0. The molecule has 1 rings (SSSR count). The number of pyridine rings is 1. The van der Waals surface area contributed by atoms with Crippen molar-refractivity contribution in [3.63, 3.8) is 0 Å². The first kappa shape index (κ1) is 9.24. The minimum absolute atomic E-state index is 0.262. The van der Waals surface area contributed by atoms with E-state index in [2.05, 4.69) is 38.7 Å². The molecule has 0 bridgehead atoms. The van der Waals surface area contributed by atoms with Gasteiger partial charge in [-0.05, 0) is 30.4 Å². The van der Waals surface area contributed by atoms with Gasteiger partial charge in [-0.15, -0.1) is 0 Å². The summed E-state index contributed by atoms with van der Waals surface area (Å²) in [5.41, 5.74) is 2.79. The zero-order valence-electron chi connectivity index (χ0n) is 8.39. The standard InChI is InChI=1S/C11H17N/c1-5-11(3,4)10-7-6-8-12-9(10)2/h6-8H,5H2,1-4H3. The second-order valence-electron chi connectivity index (χ2n) is 3.87. The van der Waals surface area contributed by atoms with Gasteiger partial charge >= 0.3 is 0 Å². The molecule has 12 heavy (non-hydrogen) atoms. The van der Waals surface area contributed by atoms with Crippen molar-refractivity contribution in [1.82, 2.24) is 4.98 Å². The van der Waals surface area contributed by atoms with E-state index in [0.717, 1.165) is 12.1 Å². The third-order valence-corrected chi connectivity index (χ3v) is 2.62. The summed E-state index contributed by atoms with van der Waals surface area (Å²) in [6.07, 6.45) is 3.00. The number of hydrogen-bond acceptors (Lipinski definition) is 1. The van der Waals surface area contributed by atoms with E-state index >= 15 is 0 Å². The Morgan fingerprint density at radius 2 is 2.08 bits per heavy atom. The summed E-state index contributed by atoms with van der Waals surface area (Å²) in [5, 5.41) is 0. The van der Waals surface area contributed by atoms with Gasteiger partial charge < -0.3 is 0 Å². The molecule has 1 heterocycles. The first-order valence-corrected chi connectivity index (χ1v) is 4.50. The van der Waals surface area contributed by atoms with Crippen LogP contribution in [0.25, 0.3) is 0 Å². The molecule has 0 aliphatic heterocycles. The van der Waals surface area contributed by atoms with Crippen LogP contribution in [0.15, 0.2) is 18.3 Å². The molecule has 0 N–H and O–H groups in total. The highest BCUT2D eigenvalue weighted by Gasteiger charge is 2.19. The topological polar surface area (TPSA) is 12.9 Å². The van der Waals surface area contributed by atoms with Crippen LogP contribution in [-0.2, 0) is 5.41 Å². The fourth-order valence-electron chi connectivity index (χ4n) is 1.39. The third-order valence-electron chi connectivity index (χ3n) is 2.62. The van der Waals surface area contributed by atoms with E-state index in [9.17, 15) is 0 Å². The lowest BCUT2D eigenvalue weighted by Crippen LogP contribution is -2.17. The van der Waals surface area contributed by atoms with Crippen LogP contribution in [0.4, 0.5) is 0 Å². The quantitative estimate of drug-likeness (QED) is 0.653. The van der Waals surface area contributed by atoms with E-state index in [1.807, 2.05) is 12.3 Å². The molecule has 0 saturated carbocycles. The second-order valence-corrected chi connectivity index (χ2v) is 3.87. The molecule has 0 aliphatic rings. The maximum atomic E-state index is 4.29. The van der Waals surface area contributed by atoms with E-state index in [0.29, 0.717) is 0 Å². The number of aryl methyl sites for hydroxylation is 1. The van der Waals surface area contributed by atoms with Gasteiger partial charge in [-0.25, -0.2) is 0 Å². The lowest BCUT2D eigenvalue weighted by molar-refractivity contribution is 0.501.